The molecule has 35 heavy (non-hydrogen) atoms. The molecule has 0 fully saturated rings. The van der Waals surface area contributed by atoms with Gasteiger partial charge in [0.1, 0.15) is 17.3 Å². The second-order valence-electron chi connectivity index (χ2n) is 7.72. The Kier molecular flexibility index (Phi) is 7.11. The Morgan fingerprint density at radius 3 is 2.51 bits per heavy atom. The van der Waals surface area contributed by atoms with E-state index >= 15 is 0 Å². The highest BCUT2D eigenvalue weighted by Crippen LogP contribution is 2.47. The maximum atomic E-state index is 13.2. The Hall–Kier alpha value is -3.79. The predicted molar refractivity (Wildman–Crippen MR) is 132 cm³/mol. The van der Waals surface area contributed by atoms with Crippen molar-refractivity contribution < 1.29 is 28.2 Å². The van der Waals surface area contributed by atoms with Crippen molar-refractivity contribution >= 4 is 34.5 Å². The van der Waals surface area contributed by atoms with Crippen LogP contribution in [0.2, 0.25) is 0 Å². The standard InChI is InChI=1S/C25H24FN3O5S/c1-14-22(24(31)34-4)23(19-10-9-18(32-2)12-20(19)33-3)29-17(13-35-25(29)27-14)11-21(30)28-16-7-5-15(26)6-8-16/h5-10,12-13,23H,11H2,1-4H3,(H,28,30). The summed E-state index contributed by atoms with van der Waals surface area (Å²) in [4.78, 5) is 32.2. The lowest BCUT2D eigenvalue weighted by Crippen LogP contribution is -2.37. The van der Waals surface area contributed by atoms with Crippen LogP contribution in [0, 0.1) is 5.82 Å². The summed E-state index contributed by atoms with van der Waals surface area (Å²) in [5.41, 5.74) is 2.67. The zero-order chi connectivity index (χ0) is 25.1. The van der Waals surface area contributed by atoms with Crippen molar-refractivity contribution in [1.29, 1.82) is 0 Å². The van der Waals surface area contributed by atoms with Crippen molar-refractivity contribution in [3.05, 3.63) is 76.2 Å². The summed E-state index contributed by atoms with van der Waals surface area (Å²) < 4.78 is 29.3. The average molecular weight is 498 g/mol. The fourth-order valence-electron chi connectivity index (χ4n) is 3.98. The Balaban J connectivity index is 1.71. The Morgan fingerprint density at radius 1 is 1.11 bits per heavy atom. The minimum absolute atomic E-state index is 0.00582. The van der Waals surface area contributed by atoms with Crippen LogP contribution in [0.5, 0.6) is 11.5 Å². The Bertz CT molecular complexity index is 1260. The van der Waals surface area contributed by atoms with Gasteiger partial charge in [-0.15, -0.1) is 0 Å². The first-order chi connectivity index (χ1) is 16.9. The monoisotopic (exact) mass is 497 g/mol. The molecule has 10 heteroatoms. The zero-order valence-corrected chi connectivity index (χ0v) is 20.4. The number of benzene rings is 2. The molecule has 0 aliphatic carbocycles. The first kappa shape index (κ1) is 24.3. The van der Waals surface area contributed by atoms with Crippen LogP contribution in [0.1, 0.15) is 24.9 Å². The number of hydrogen-bond acceptors (Lipinski definition) is 8. The highest BCUT2D eigenvalue weighted by Gasteiger charge is 2.42. The van der Waals surface area contributed by atoms with Crippen molar-refractivity contribution in [2.24, 2.45) is 4.99 Å². The highest BCUT2D eigenvalue weighted by molar-refractivity contribution is 8.16. The molecule has 1 N–H and O–H groups in total. The highest BCUT2D eigenvalue weighted by atomic mass is 32.2. The van der Waals surface area contributed by atoms with Gasteiger partial charge in [0.15, 0.2) is 5.17 Å². The molecular weight excluding hydrogens is 473 g/mol. The normalized spacial score (nSPS) is 16.8. The van der Waals surface area contributed by atoms with E-state index in [-0.39, 0.29) is 18.1 Å². The number of anilines is 1. The third-order valence-corrected chi connectivity index (χ3v) is 6.50. The lowest BCUT2D eigenvalue weighted by Gasteiger charge is -2.36. The molecule has 2 aromatic carbocycles. The van der Waals surface area contributed by atoms with E-state index in [0.717, 1.165) is 0 Å². The van der Waals surface area contributed by atoms with Gasteiger partial charge in [-0.05, 0) is 48.7 Å². The van der Waals surface area contributed by atoms with Crippen LogP contribution in [0.25, 0.3) is 0 Å². The summed E-state index contributed by atoms with van der Waals surface area (Å²) in [6.07, 6.45) is 0.00582. The summed E-state index contributed by atoms with van der Waals surface area (Å²) in [5.74, 6) is -0.102. The minimum Gasteiger partial charge on any atom is -0.497 e. The van der Waals surface area contributed by atoms with E-state index in [0.29, 0.717) is 44.9 Å². The van der Waals surface area contributed by atoms with E-state index in [1.807, 2.05) is 16.4 Å². The van der Waals surface area contributed by atoms with Crippen LogP contribution in [-0.4, -0.2) is 43.3 Å². The van der Waals surface area contributed by atoms with Crippen LogP contribution >= 0.6 is 11.8 Å². The van der Waals surface area contributed by atoms with Gasteiger partial charge < -0.3 is 24.4 Å². The third-order valence-electron chi connectivity index (χ3n) is 5.61. The molecule has 0 saturated carbocycles. The smallest absolute Gasteiger partial charge is 0.338 e. The number of fused-ring (bicyclic) bond motifs is 1. The number of esters is 1. The number of carbonyl (C=O) groups is 2. The number of nitrogens with one attached hydrogen (secondary N) is 1. The van der Waals surface area contributed by atoms with Crippen molar-refractivity contribution in [2.75, 3.05) is 26.6 Å². The molecule has 0 aromatic heterocycles. The molecule has 8 nitrogen and oxygen atoms in total. The molecule has 1 atom stereocenters. The quantitative estimate of drug-likeness (QED) is 0.559. The molecule has 0 spiro atoms. The number of carbonyl (C=O) groups excluding carboxylic acids is 2. The van der Waals surface area contributed by atoms with Gasteiger partial charge in [0.25, 0.3) is 0 Å². The summed E-state index contributed by atoms with van der Waals surface area (Å²) in [6, 6.07) is 10.2. The van der Waals surface area contributed by atoms with Gasteiger partial charge in [-0.3, -0.25) is 4.79 Å². The summed E-state index contributed by atoms with van der Waals surface area (Å²) >= 11 is 1.36. The van der Waals surface area contributed by atoms with Gasteiger partial charge in [-0.25, -0.2) is 14.2 Å². The number of hydrogen-bond donors (Lipinski definition) is 1. The fourth-order valence-corrected chi connectivity index (χ4v) is 4.95. The van der Waals surface area contributed by atoms with Gasteiger partial charge in [0.2, 0.25) is 5.91 Å². The van der Waals surface area contributed by atoms with Crippen LogP contribution < -0.4 is 14.8 Å². The van der Waals surface area contributed by atoms with Crippen molar-refractivity contribution in [3.8, 4) is 11.5 Å². The third kappa shape index (κ3) is 4.88. The van der Waals surface area contributed by atoms with E-state index in [1.165, 1.54) is 50.2 Å². The molecule has 1 amide bonds. The number of halogens is 1. The van der Waals surface area contributed by atoms with E-state index in [2.05, 4.69) is 10.3 Å². The Labute approximate surface area is 206 Å². The van der Waals surface area contributed by atoms with E-state index in [4.69, 9.17) is 14.2 Å². The molecule has 0 radical (unpaired) electrons. The van der Waals surface area contributed by atoms with Gasteiger partial charge in [-0.1, -0.05) is 11.8 Å². The second-order valence-corrected chi connectivity index (χ2v) is 8.56. The lowest BCUT2D eigenvalue weighted by molar-refractivity contribution is -0.136. The van der Waals surface area contributed by atoms with Crippen LogP contribution in [0.4, 0.5) is 10.1 Å². The maximum Gasteiger partial charge on any atom is 0.338 e. The number of ether oxygens (including phenoxy) is 3. The number of amidine groups is 1. The van der Waals surface area contributed by atoms with Gasteiger partial charge in [-0.2, -0.15) is 0 Å². The molecule has 2 heterocycles. The summed E-state index contributed by atoms with van der Waals surface area (Å²) in [5, 5.41) is 5.23. The minimum atomic E-state index is -0.643. The zero-order valence-electron chi connectivity index (χ0n) is 19.6. The molecule has 1 unspecified atom stereocenters. The number of nitrogens with zero attached hydrogens (tertiary/aromatic N) is 2. The summed E-state index contributed by atoms with van der Waals surface area (Å²) in [7, 11) is 4.41. The fraction of sp³-hybridized carbons (Fsp3) is 0.240. The van der Waals surface area contributed by atoms with Crippen LogP contribution in [0.3, 0.4) is 0 Å². The predicted octanol–water partition coefficient (Wildman–Crippen LogP) is 4.62. The van der Waals surface area contributed by atoms with Crippen LogP contribution in [-0.2, 0) is 14.3 Å². The van der Waals surface area contributed by atoms with Crippen LogP contribution in [0.15, 0.2) is 69.8 Å². The molecule has 2 aliphatic rings. The van der Waals surface area contributed by atoms with E-state index < -0.39 is 12.0 Å². The molecular formula is C25H24FN3O5S. The first-order valence-electron chi connectivity index (χ1n) is 10.7. The van der Waals surface area contributed by atoms with Gasteiger partial charge in [0.05, 0.1) is 45.1 Å². The first-order valence-corrected chi connectivity index (χ1v) is 11.5. The molecule has 0 saturated heterocycles. The van der Waals surface area contributed by atoms with Crippen molar-refractivity contribution in [2.45, 2.75) is 19.4 Å². The number of rotatable bonds is 7. The maximum absolute atomic E-state index is 13.2. The number of aliphatic imine (C=N–C) groups is 1. The SMILES string of the molecule is COC(=O)C1=C(C)N=C2SC=C(CC(=O)Nc3ccc(F)cc3)N2C1c1ccc(OC)cc1OC. The largest absolute Gasteiger partial charge is 0.497 e. The van der Waals surface area contributed by atoms with Gasteiger partial charge >= 0.3 is 5.97 Å². The molecule has 0 bridgehead atoms. The number of allylic oxidation sites excluding steroid dienone is 1. The molecule has 4 rings (SSSR count). The number of thioether (sulfide) groups is 1. The van der Waals surface area contributed by atoms with Crippen molar-refractivity contribution in [1.82, 2.24) is 4.90 Å². The number of methoxy groups -OCH3 is 3. The topological polar surface area (TPSA) is 89.5 Å². The molecule has 2 aromatic rings. The summed E-state index contributed by atoms with van der Waals surface area (Å²) in [6.45, 7) is 1.75. The van der Waals surface area contributed by atoms with Crippen molar-refractivity contribution in [3.63, 3.8) is 0 Å². The van der Waals surface area contributed by atoms with Gasteiger partial charge in [0, 0.05) is 23.0 Å². The molecule has 2 aliphatic heterocycles. The Morgan fingerprint density at radius 2 is 1.86 bits per heavy atom. The average Bonchev–Trinajstić information content (AvgIpc) is 3.25. The number of amides is 1. The van der Waals surface area contributed by atoms with E-state index in [1.54, 1.807) is 26.2 Å². The second kappa shape index (κ2) is 10.2. The van der Waals surface area contributed by atoms with E-state index in [9.17, 15) is 14.0 Å². The molecule has 182 valence electrons. The lowest BCUT2D eigenvalue weighted by atomic mass is 9.93.